The predicted octanol–water partition coefficient (Wildman–Crippen LogP) is 3.18. The molecule has 1 heterocycles. The first kappa shape index (κ1) is 9.13. The Labute approximate surface area is 84.3 Å². The molecule has 1 aliphatic heterocycles. The van der Waals surface area contributed by atoms with Crippen LogP contribution in [0.3, 0.4) is 0 Å². The van der Waals surface area contributed by atoms with Crippen molar-refractivity contribution >= 4 is 11.3 Å². The fraction of sp³-hybridized carbons (Fsp3) is 0.333. The van der Waals surface area contributed by atoms with Crippen LogP contribution in [0.25, 0.3) is 5.57 Å². The third kappa shape index (κ3) is 1.18. The SMILES string of the molecule is CC1=C(O)C(C)(C)Nc2ccccc21. The fourth-order valence-corrected chi connectivity index (χ4v) is 1.91. The number of rotatable bonds is 0. The molecule has 1 aliphatic rings. The zero-order valence-electron chi connectivity index (χ0n) is 8.76. The zero-order valence-corrected chi connectivity index (χ0v) is 8.76. The quantitative estimate of drug-likeness (QED) is 0.657. The number of para-hydroxylation sites is 1. The summed E-state index contributed by atoms with van der Waals surface area (Å²) in [6.07, 6.45) is 0. The van der Waals surface area contributed by atoms with Crippen molar-refractivity contribution in [2.75, 3.05) is 5.32 Å². The highest BCUT2D eigenvalue weighted by atomic mass is 16.3. The van der Waals surface area contributed by atoms with Crippen LogP contribution in [0.4, 0.5) is 5.69 Å². The van der Waals surface area contributed by atoms with Crippen molar-refractivity contribution in [3.8, 4) is 0 Å². The van der Waals surface area contributed by atoms with Crippen LogP contribution in [0.1, 0.15) is 26.3 Å². The van der Waals surface area contributed by atoms with Gasteiger partial charge in [0.25, 0.3) is 0 Å². The number of aliphatic hydroxyl groups excluding tert-OH is 1. The standard InChI is InChI=1S/C12H15NO/c1-8-9-6-4-5-7-10(9)13-12(2,3)11(8)14/h4-7,13-14H,1-3H3. The van der Waals surface area contributed by atoms with Crippen LogP contribution in [0.15, 0.2) is 30.0 Å². The van der Waals surface area contributed by atoms with Crippen LogP contribution < -0.4 is 5.32 Å². The first-order valence-corrected chi connectivity index (χ1v) is 4.80. The normalized spacial score (nSPS) is 18.8. The van der Waals surface area contributed by atoms with Gasteiger partial charge < -0.3 is 10.4 Å². The second-order valence-electron chi connectivity index (χ2n) is 4.27. The summed E-state index contributed by atoms with van der Waals surface area (Å²) >= 11 is 0. The van der Waals surface area contributed by atoms with Gasteiger partial charge in [0.05, 0.1) is 5.54 Å². The summed E-state index contributed by atoms with van der Waals surface area (Å²) in [5.74, 6) is 0.427. The lowest BCUT2D eigenvalue weighted by atomic mass is 9.89. The third-order valence-corrected chi connectivity index (χ3v) is 2.73. The number of hydrogen-bond donors (Lipinski definition) is 2. The Bertz CT molecular complexity index is 405. The highest BCUT2D eigenvalue weighted by Crippen LogP contribution is 2.36. The molecular formula is C12H15NO. The van der Waals surface area contributed by atoms with Gasteiger partial charge in [-0.15, -0.1) is 0 Å². The van der Waals surface area contributed by atoms with Crippen LogP contribution in [-0.2, 0) is 0 Å². The molecule has 2 heteroatoms. The Balaban J connectivity index is 2.64. The average molecular weight is 189 g/mol. The monoisotopic (exact) mass is 189 g/mol. The lowest BCUT2D eigenvalue weighted by Gasteiger charge is -2.34. The highest BCUT2D eigenvalue weighted by Gasteiger charge is 2.30. The number of aliphatic hydroxyl groups is 1. The van der Waals surface area contributed by atoms with Crippen molar-refractivity contribution < 1.29 is 5.11 Å². The number of fused-ring (bicyclic) bond motifs is 1. The molecule has 2 rings (SSSR count). The zero-order chi connectivity index (χ0) is 10.3. The number of nitrogens with one attached hydrogen (secondary N) is 1. The minimum atomic E-state index is -0.363. The average Bonchev–Trinajstić information content (AvgIpc) is 2.14. The van der Waals surface area contributed by atoms with Gasteiger partial charge >= 0.3 is 0 Å². The number of allylic oxidation sites excluding steroid dienone is 1. The third-order valence-electron chi connectivity index (χ3n) is 2.73. The van der Waals surface area contributed by atoms with Gasteiger partial charge in [-0.05, 0) is 32.4 Å². The molecule has 2 nitrogen and oxygen atoms in total. The molecule has 0 aliphatic carbocycles. The molecule has 0 aromatic heterocycles. The van der Waals surface area contributed by atoms with Crippen LogP contribution in [0.5, 0.6) is 0 Å². The molecule has 2 N–H and O–H groups in total. The fourth-order valence-electron chi connectivity index (χ4n) is 1.91. The van der Waals surface area contributed by atoms with Crippen molar-refractivity contribution in [3.05, 3.63) is 35.6 Å². The summed E-state index contributed by atoms with van der Waals surface area (Å²) in [5, 5.41) is 13.3. The molecule has 14 heavy (non-hydrogen) atoms. The first-order valence-electron chi connectivity index (χ1n) is 4.80. The van der Waals surface area contributed by atoms with Gasteiger partial charge in [-0.3, -0.25) is 0 Å². The lowest BCUT2D eigenvalue weighted by Crippen LogP contribution is -2.36. The smallest absolute Gasteiger partial charge is 0.121 e. The van der Waals surface area contributed by atoms with Crippen molar-refractivity contribution in [1.29, 1.82) is 0 Å². The molecule has 74 valence electrons. The van der Waals surface area contributed by atoms with E-state index in [9.17, 15) is 5.11 Å². The van der Waals surface area contributed by atoms with Crippen molar-refractivity contribution in [3.63, 3.8) is 0 Å². The number of hydrogen-bond acceptors (Lipinski definition) is 2. The van der Waals surface area contributed by atoms with Crippen LogP contribution in [0.2, 0.25) is 0 Å². The van der Waals surface area contributed by atoms with E-state index < -0.39 is 0 Å². The van der Waals surface area contributed by atoms with E-state index in [-0.39, 0.29) is 5.54 Å². The maximum Gasteiger partial charge on any atom is 0.121 e. The molecule has 0 spiro atoms. The van der Waals surface area contributed by atoms with Crippen LogP contribution in [-0.4, -0.2) is 10.6 Å². The van der Waals surface area contributed by atoms with E-state index in [0.717, 1.165) is 16.8 Å². The van der Waals surface area contributed by atoms with E-state index in [2.05, 4.69) is 5.32 Å². The maximum absolute atomic E-state index is 9.97. The number of anilines is 1. The minimum absolute atomic E-state index is 0.363. The highest BCUT2D eigenvalue weighted by molar-refractivity contribution is 5.81. The Kier molecular flexibility index (Phi) is 1.81. The van der Waals surface area contributed by atoms with Crippen molar-refractivity contribution in [2.24, 2.45) is 0 Å². The Morgan fingerprint density at radius 2 is 1.86 bits per heavy atom. The predicted molar refractivity (Wildman–Crippen MR) is 59.4 cm³/mol. The first-order chi connectivity index (χ1) is 6.52. The summed E-state index contributed by atoms with van der Waals surface area (Å²) in [6, 6.07) is 8.03. The van der Waals surface area contributed by atoms with Gasteiger partial charge in [0.2, 0.25) is 0 Å². The topological polar surface area (TPSA) is 32.3 Å². The van der Waals surface area contributed by atoms with E-state index in [4.69, 9.17) is 0 Å². The molecule has 0 saturated heterocycles. The van der Waals surface area contributed by atoms with Crippen molar-refractivity contribution in [2.45, 2.75) is 26.3 Å². The van der Waals surface area contributed by atoms with Crippen LogP contribution in [0, 0.1) is 0 Å². The van der Waals surface area contributed by atoms with E-state index in [0.29, 0.717) is 5.76 Å². The van der Waals surface area contributed by atoms with Gasteiger partial charge in [-0.2, -0.15) is 0 Å². The molecule has 0 radical (unpaired) electrons. The second kappa shape index (κ2) is 2.77. The molecule has 0 bridgehead atoms. The molecule has 1 aromatic rings. The Hall–Kier alpha value is -1.44. The summed E-state index contributed by atoms with van der Waals surface area (Å²) < 4.78 is 0. The van der Waals surface area contributed by atoms with Gasteiger partial charge in [-0.25, -0.2) is 0 Å². The molecule has 0 saturated carbocycles. The summed E-state index contributed by atoms with van der Waals surface area (Å²) in [4.78, 5) is 0. The number of benzene rings is 1. The van der Waals surface area contributed by atoms with E-state index in [1.165, 1.54) is 0 Å². The summed E-state index contributed by atoms with van der Waals surface area (Å²) in [7, 11) is 0. The van der Waals surface area contributed by atoms with E-state index >= 15 is 0 Å². The van der Waals surface area contributed by atoms with Gasteiger partial charge in [0, 0.05) is 11.3 Å². The Morgan fingerprint density at radius 3 is 2.57 bits per heavy atom. The largest absolute Gasteiger partial charge is 0.510 e. The molecule has 0 amide bonds. The van der Waals surface area contributed by atoms with Crippen molar-refractivity contribution in [1.82, 2.24) is 0 Å². The van der Waals surface area contributed by atoms with E-state index in [1.807, 2.05) is 45.0 Å². The molecule has 0 fully saturated rings. The molecule has 1 aromatic carbocycles. The van der Waals surface area contributed by atoms with Gasteiger partial charge in [-0.1, -0.05) is 18.2 Å². The minimum Gasteiger partial charge on any atom is -0.510 e. The Morgan fingerprint density at radius 1 is 1.21 bits per heavy atom. The van der Waals surface area contributed by atoms with Gasteiger partial charge in [0.1, 0.15) is 5.76 Å². The van der Waals surface area contributed by atoms with Gasteiger partial charge in [0.15, 0.2) is 0 Å². The molecule has 0 atom stereocenters. The lowest BCUT2D eigenvalue weighted by molar-refractivity contribution is 0.336. The second-order valence-corrected chi connectivity index (χ2v) is 4.27. The summed E-state index contributed by atoms with van der Waals surface area (Å²) in [5.41, 5.74) is 2.78. The molecule has 0 unspecified atom stereocenters. The maximum atomic E-state index is 9.97. The summed E-state index contributed by atoms with van der Waals surface area (Å²) in [6.45, 7) is 5.90. The molecular weight excluding hydrogens is 174 g/mol. The van der Waals surface area contributed by atoms with Crippen LogP contribution >= 0.6 is 0 Å². The van der Waals surface area contributed by atoms with E-state index in [1.54, 1.807) is 0 Å².